The Bertz CT molecular complexity index is 1530. The summed E-state index contributed by atoms with van der Waals surface area (Å²) >= 11 is 0. The Morgan fingerprint density at radius 3 is 0.635 bits per heavy atom. The number of aromatic nitrogens is 4. The molecule has 0 N–H and O–H groups in total. The maximum atomic E-state index is 4.22. The van der Waals surface area contributed by atoms with Gasteiger partial charge in [-0.25, -0.2) is 0 Å². The molecule has 6 radical (unpaired) electrons. The summed E-state index contributed by atoms with van der Waals surface area (Å²) in [7, 11) is 0. The van der Waals surface area contributed by atoms with Crippen LogP contribution >= 0.6 is 0 Å². The van der Waals surface area contributed by atoms with Crippen molar-refractivity contribution in [2.45, 2.75) is 0 Å². The van der Waals surface area contributed by atoms with Crippen molar-refractivity contribution in [2.24, 2.45) is 0 Å². The Morgan fingerprint density at radius 1 is 0.269 bits per heavy atom. The zero-order chi connectivity index (χ0) is 32.9. The van der Waals surface area contributed by atoms with Crippen LogP contribution in [0.15, 0.2) is 195 Å². The first-order valence-electron chi connectivity index (χ1n) is 15.4. The standard InChI is InChI=1S/4C11H8N.2ClH.2Ir/c4*1-2-6-10(7-3-1)11-8-4-5-9-12-11;;;;/h4*1-6,8-9H;2*1H;;/p-2. The van der Waals surface area contributed by atoms with Crippen molar-refractivity contribution >= 4 is 0 Å². The smallest absolute Gasteiger partial charge is 0.0708 e. The van der Waals surface area contributed by atoms with Gasteiger partial charge in [0, 0.05) is 87.3 Å². The van der Waals surface area contributed by atoms with E-state index in [9.17, 15) is 0 Å². The molecule has 4 aromatic heterocycles. The zero-order valence-corrected chi connectivity index (χ0v) is 34.0. The van der Waals surface area contributed by atoms with Crippen molar-refractivity contribution in [1.29, 1.82) is 0 Å². The molecular formula is C44H32Cl2Ir2N4-2. The SMILES string of the molecule is [Cl-].[Cl-].[Ir].[Ir].[c]1ccccc1-c1ccccn1.[c]1ccccc1-c1ccccn1.[c]1ccccc1-c1ccccn1.[c]1ccccc1-c1ccccn1. The van der Waals surface area contributed by atoms with Gasteiger partial charge in [0.2, 0.25) is 0 Å². The van der Waals surface area contributed by atoms with Gasteiger partial charge in [0.15, 0.2) is 0 Å². The van der Waals surface area contributed by atoms with E-state index in [1.807, 2.05) is 170 Å². The van der Waals surface area contributed by atoms with Gasteiger partial charge in [-0.2, -0.15) is 0 Å². The molecule has 8 heteroatoms. The van der Waals surface area contributed by atoms with Crippen LogP contribution in [-0.4, -0.2) is 19.9 Å². The van der Waals surface area contributed by atoms with Crippen LogP contribution in [-0.2, 0) is 40.2 Å². The van der Waals surface area contributed by atoms with Crippen LogP contribution in [0.25, 0.3) is 45.0 Å². The van der Waals surface area contributed by atoms with Crippen LogP contribution < -0.4 is 24.8 Å². The second-order valence-electron chi connectivity index (χ2n) is 9.96. The van der Waals surface area contributed by atoms with Gasteiger partial charge in [-0.3, -0.25) is 19.9 Å². The van der Waals surface area contributed by atoms with Gasteiger partial charge in [-0.15, -0.1) is 0 Å². The van der Waals surface area contributed by atoms with E-state index in [1.165, 1.54) is 0 Å². The number of benzene rings is 4. The van der Waals surface area contributed by atoms with Crippen LogP contribution in [0, 0.1) is 24.3 Å². The van der Waals surface area contributed by atoms with Crippen molar-refractivity contribution in [3.05, 3.63) is 219 Å². The fraction of sp³-hybridized carbons (Fsp3) is 0. The number of rotatable bonds is 4. The molecule has 0 aliphatic heterocycles. The summed E-state index contributed by atoms with van der Waals surface area (Å²) in [6.07, 6.45) is 7.15. The largest absolute Gasteiger partial charge is 1.00 e. The van der Waals surface area contributed by atoms with Gasteiger partial charge in [0.25, 0.3) is 0 Å². The van der Waals surface area contributed by atoms with E-state index in [2.05, 4.69) is 44.2 Å². The molecule has 0 spiro atoms. The predicted molar refractivity (Wildman–Crippen MR) is 194 cm³/mol. The first-order chi connectivity index (χ1) is 23.9. The van der Waals surface area contributed by atoms with Crippen LogP contribution in [0.4, 0.5) is 0 Å². The molecular weight excluding hydrogens is 1040 g/mol. The average molecular weight is 1070 g/mol. The third kappa shape index (κ3) is 15.7. The summed E-state index contributed by atoms with van der Waals surface area (Å²) in [6.45, 7) is 0. The van der Waals surface area contributed by atoms with E-state index >= 15 is 0 Å². The van der Waals surface area contributed by atoms with Gasteiger partial charge >= 0.3 is 0 Å². The Hall–Kier alpha value is -4.64. The molecule has 0 bridgehead atoms. The van der Waals surface area contributed by atoms with Crippen LogP contribution in [0.5, 0.6) is 0 Å². The van der Waals surface area contributed by atoms with E-state index in [0.29, 0.717) is 0 Å². The maximum absolute atomic E-state index is 4.22. The molecule has 262 valence electrons. The normalized spacial score (nSPS) is 8.92. The Balaban J connectivity index is 0.000000338. The van der Waals surface area contributed by atoms with Crippen molar-refractivity contribution in [3.8, 4) is 45.0 Å². The molecule has 4 heterocycles. The molecule has 4 aromatic carbocycles. The summed E-state index contributed by atoms with van der Waals surface area (Å²) in [5.74, 6) is 0. The van der Waals surface area contributed by atoms with Gasteiger partial charge in [-0.1, -0.05) is 121 Å². The molecule has 0 aliphatic rings. The van der Waals surface area contributed by atoms with Crippen molar-refractivity contribution in [2.75, 3.05) is 0 Å². The first-order valence-corrected chi connectivity index (χ1v) is 15.4. The summed E-state index contributed by atoms with van der Waals surface area (Å²) in [5.41, 5.74) is 8.04. The summed E-state index contributed by atoms with van der Waals surface area (Å²) in [4.78, 5) is 16.9. The first kappa shape index (κ1) is 45.4. The third-order valence-electron chi connectivity index (χ3n) is 6.60. The van der Waals surface area contributed by atoms with E-state index in [0.717, 1.165) is 45.0 Å². The Kier molecular flexibility index (Phi) is 23.6. The monoisotopic (exact) mass is 1070 g/mol. The minimum absolute atomic E-state index is 0. The molecule has 8 rings (SSSR count). The number of nitrogens with zero attached hydrogens (tertiary/aromatic N) is 4. The molecule has 0 unspecified atom stereocenters. The topological polar surface area (TPSA) is 51.6 Å². The van der Waals surface area contributed by atoms with Crippen molar-refractivity contribution in [1.82, 2.24) is 19.9 Å². The summed E-state index contributed by atoms with van der Waals surface area (Å²) in [6, 6.07) is 67.3. The molecule has 52 heavy (non-hydrogen) atoms. The quantitative estimate of drug-likeness (QED) is 0.266. The van der Waals surface area contributed by atoms with E-state index in [4.69, 9.17) is 0 Å². The van der Waals surface area contributed by atoms with Gasteiger partial charge < -0.3 is 24.8 Å². The summed E-state index contributed by atoms with van der Waals surface area (Å²) < 4.78 is 0. The zero-order valence-electron chi connectivity index (χ0n) is 27.7. The molecule has 0 fully saturated rings. The Morgan fingerprint density at radius 2 is 0.481 bits per heavy atom. The average Bonchev–Trinajstić information content (AvgIpc) is 3.21. The number of pyridine rings is 4. The number of hydrogen-bond donors (Lipinski definition) is 0. The molecule has 0 amide bonds. The van der Waals surface area contributed by atoms with Crippen LogP contribution in [0.1, 0.15) is 0 Å². The van der Waals surface area contributed by atoms with E-state index < -0.39 is 0 Å². The van der Waals surface area contributed by atoms with Crippen LogP contribution in [0.2, 0.25) is 0 Å². The van der Waals surface area contributed by atoms with Gasteiger partial charge in [0.1, 0.15) is 0 Å². The predicted octanol–water partition coefficient (Wildman–Crippen LogP) is 4.20. The third-order valence-corrected chi connectivity index (χ3v) is 6.60. The van der Waals surface area contributed by atoms with E-state index in [-0.39, 0.29) is 65.0 Å². The molecule has 4 nitrogen and oxygen atoms in total. The van der Waals surface area contributed by atoms with Crippen LogP contribution in [0.3, 0.4) is 0 Å². The minimum Gasteiger partial charge on any atom is -1.00 e. The molecule has 0 saturated carbocycles. The fourth-order valence-electron chi connectivity index (χ4n) is 4.30. The second kappa shape index (κ2) is 27.1. The summed E-state index contributed by atoms with van der Waals surface area (Å²) in [5, 5.41) is 0. The molecule has 0 aliphatic carbocycles. The van der Waals surface area contributed by atoms with Crippen molar-refractivity contribution in [3.63, 3.8) is 0 Å². The van der Waals surface area contributed by atoms with Crippen molar-refractivity contribution < 1.29 is 65.0 Å². The maximum Gasteiger partial charge on any atom is 0.0708 e. The fourth-order valence-corrected chi connectivity index (χ4v) is 4.30. The number of hydrogen-bond acceptors (Lipinski definition) is 4. The molecule has 8 aromatic rings. The second-order valence-corrected chi connectivity index (χ2v) is 9.96. The van der Waals surface area contributed by atoms with Gasteiger partial charge in [0.05, 0.1) is 22.8 Å². The molecule has 0 saturated heterocycles. The minimum atomic E-state index is 0. The van der Waals surface area contributed by atoms with Gasteiger partial charge in [-0.05, 0) is 72.8 Å². The molecule has 0 atom stereocenters. The number of halogens is 2. The Labute approximate surface area is 346 Å². The van der Waals surface area contributed by atoms with E-state index in [1.54, 1.807) is 24.8 Å².